The second kappa shape index (κ2) is 7.54. The average molecular weight is 345 g/mol. The maximum Gasteiger partial charge on any atom is 0.240 e. The van der Waals surface area contributed by atoms with Crippen LogP contribution in [0.2, 0.25) is 0 Å². The van der Waals surface area contributed by atoms with E-state index in [1.807, 2.05) is 6.07 Å². The Morgan fingerprint density at radius 3 is 2.77 bits per heavy atom. The summed E-state index contributed by atoms with van der Waals surface area (Å²) in [4.78, 5) is 17.8. The topological polar surface area (TPSA) is 69.7 Å². The maximum atomic E-state index is 12.3. The molecule has 2 heterocycles. The molecule has 124 valence electrons. The van der Waals surface area contributed by atoms with Crippen molar-refractivity contribution < 1.29 is 13.2 Å². The van der Waals surface area contributed by atoms with Gasteiger partial charge in [-0.2, -0.15) is 0 Å². The number of hydrogen-bond donors (Lipinski definition) is 1. The lowest BCUT2D eigenvalue weighted by Crippen LogP contribution is -2.47. The number of nitrogens with zero attached hydrogens (tertiary/aromatic N) is 2. The van der Waals surface area contributed by atoms with E-state index in [1.165, 1.54) is 4.88 Å². The van der Waals surface area contributed by atoms with Crippen LogP contribution in [0.3, 0.4) is 0 Å². The van der Waals surface area contributed by atoms with Crippen LogP contribution in [0.15, 0.2) is 17.5 Å². The van der Waals surface area contributed by atoms with Gasteiger partial charge < -0.3 is 4.90 Å². The second-order valence-electron chi connectivity index (χ2n) is 5.65. The van der Waals surface area contributed by atoms with Crippen molar-refractivity contribution in [2.24, 2.45) is 0 Å². The molecule has 1 atom stereocenters. The summed E-state index contributed by atoms with van der Waals surface area (Å²) in [6, 6.07) is 3.46. The van der Waals surface area contributed by atoms with Gasteiger partial charge in [-0.25, -0.2) is 13.1 Å². The molecule has 0 saturated carbocycles. The molecule has 1 aromatic rings. The van der Waals surface area contributed by atoms with Crippen molar-refractivity contribution in [2.75, 3.05) is 32.4 Å². The molecule has 0 aromatic carbocycles. The first-order chi connectivity index (χ1) is 10.3. The fraction of sp³-hybridized carbons (Fsp3) is 0.643. The van der Waals surface area contributed by atoms with Gasteiger partial charge in [0, 0.05) is 37.6 Å². The van der Waals surface area contributed by atoms with Crippen molar-refractivity contribution in [3.8, 4) is 0 Å². The van der Waals surface area contributed by atoms with Crippen LogP contribution in [0, 0.1) is 0 Å². The Morgan fingerprint density at radius 2 is 2.14 bits per heavy atom. The number of carbonyl (C=O) groups is 1. The van der Waals surface area contributed by atoms with Gasteiger partial charge >= 0.3 is 0 Å². The molecule has 1 aliphatic rings. The van der Waals surface area contributed by atoms with E-state index < -0.39 is 16.1 Å². The Kier molecular flexibility index (Phi) is 5.96. The van der Waals surface area contributed by atoms with Crippen LogP contribution < -0.4 is 4.72 Å². The summed E-state index contributed by atoms with van der Waals surface area (Å²) >= 11 is 1.74. The van der Waals surface area contributed by atoms with E-state index in [2.05, 4.69) is 21.1 Å². The predicted molar refractivity (Wildman–Crippen MR) is 88.2 cm³/mol. The first-order valence-electron chi connectivity index (χ1n) is 7.36. The molecular formula is C14H23N3O3S2. The summed E-state index contributed by atoms with van der Waals surface area (Å²) in [5.41, 5.74) is 0. The fourth-order valence-electron chi connectivity index (χ4n) is 2.62. The van der Waals surface area contributed by atoms with Gasteiger partial charge in [0.25, 0.3) is 0 Å². The summed E-state index contributed by atoms with van der Waals surface area (Å²) in [5.74, 6) is -0.150. The Morgan fingerprint density at radius 1 is 1.36 bits per heavy atom. The molecule has 0 aliphatic carbocycles. The van der Waals surface area contributed by atoms with Gasteiger partial charge in [-0.05, 0) is 24.8 Å². The minimum atomic E-state index is -3.37. The van der Waals surface area contributed by atoms with Gasteiger partial charge in [0.1, 0.15) is 0 Å². The van der Waals surface area contributed by atoms with Crippen molar-refractivity contribution >= 4 is 27.3 Å². The summed E-state index contributed by atoms with van der Waals surface area (Å²) in [6.07, 6.45) is 1.98. The largest absolute Gasteiger partial charge is 0.340 e. The fourth-order valence-corrected chi connectivity index (χ4v) is 4.11. The minimum absolute atomic E-state index is 0.150. The molecule has 0 spiro atoms. The molecular weight excluding hydrogens is 322 g/mol. The molecule has 1 amide bonds. The Bertz CT molecular complexity index is 586. The van der Waals surface area contributed by atoms with Crippen LogP contribution in [0.1, 0.15) is 18.2 Å². The molecule has 2 rings (SSSR count). The molecule has 0 unspecified atom stereocenters. The Labute approximate surface area is 136 Å². The first kappa shape index (κ1) is 17.4. The maximum absolute atomic E-state index is 12.3. The molecule has 1 saturated heterocycles. The number of carbonyl (C=O) groups excluding carboxylic acids is 1. The lowest BCUT2D eigenvalue weighted by Gasteiger charge is -2.24. The molecule has 1 aromatic heterocycles. The smallest absolute Gasteiger partial charge is 0.240 e. The highest BCUT2D eigenvalue weighted by Gasteiger charge is 2.25. The van der Waals surface area contributed by atoms with Crippen LogP contribution in [0.5, 0.6) is 0 Å². The molecule has 1 fully saturated rings. The summed E-state index contributed by atoms with van der Waals surface area (Å²) in [5, 5.41) is 2.07. The molecule has 6 nitrogen and oxygen atoms in total. The number of nitrogens with one attached hydrogen (secondary N) is 1. The van der Waals surface area contributed by atoms with Gasteiger partial charge in [-0.1, -0.05) is 6.07 Å². The van der Waals surface area contributed by atoms with Crippen LogP contribution in [0.4, 0.5) is 0 Å². The van der Waals surface area contributed by atoms with E-state index in [4.69, 9.17) is 0 Å². The van der Waals surface area contributed by atoms with Crippen LogP contribution >= 0.6 is 11.3 Å². The molecule has 0 radical (unpaired) electrons. The predicted octanol–water partition coefficient (Wildman–Crippen LogP) is 0.720. The number of hydrogen-bond acceptors (Lipinski definition) is 5. The molecule has 0 bridgehead atoms. The number of thiophene rings is 1. The van der Waals surface area contributed by atoms with Crippen molar-refractivity contribution in [3.05, 3.63) is 22.4 Å². The molecule has 1 N–H and O–H groups in total. The van der Waals surface area contributed by atoms with Crippen molar-refractivity contribution in [3.63, 3.8) is 0 Å². The SMILES string of the molecule is C[C@H](NS(C)(=O)=O)C(=O)N1CCCN(Cc2cccs2)CC1. The first-order valence-corrected chi connectivity index (χ1v) is 10.1. The van der Waals surface area contributed by atoms with Crippen molar-refractivity contribution in [1.29, 1.82) is 0 Å². The lowest BCUT2D eigenvalue weighted by molar-refractivity contribution is -0.132. The number of amides is 1. The Hall–Kier alpha value is -0.960. The van der Waals surface area contributed by atoms with Crippen LogP contribution in [-0.2, 0) is 21.4 Å². The van der Waals surface area contributed by atoms with E-state index in [-0.39, 0.29) is 5.91 Å². The number of rotatable bonds is 5. The molecule has 22 heavy (non-hydrogen) atoms. The monoisotopic (exact) mass is 345 g/mol. The Balaban J connectivity index is 1.88. The van der Waals surface area contributed by atoms with E-state index in [1.54, 1.807) is 23.2 Å². The van der Waals surface area contributed by atoms with E-state index in [0.717, 1.165) is 32.3 Å². The highest BCUT2D eigenvalue weighted by Crippen LogP contribution is 2.14. The van der Waals surface area contributed by atoms with Gasteiger partial charge in [0.15, 0.2) is 0 Å². The van der Waals surface area contributed by atoms with Gasteiger partial charge in [0.05, 0.1) is 12.3 Å². The van der Waals surface area contributed by atoms with Gasteiger partial charge in [-0.15, -0.1) is 11.3 Å². The third-order valence-electron chi connectivity index (χ3n) is 3.62. The zero-order chi connectivity index (χ0) is 16.2. The van der Waals surface area contributed by atoms with Gasteiger partial charge in [-0.3, -0.25) is 9.69 Å². The third kappa shape index (κ3) is 5.35. The zero-order valence-corrected chi connectivity index (χ0v) is 14.6. The van der Waals surface area contributed by atoms with E-state index >= 15 is 0 Å². The second-order valence-corrected chi connectivity index (χ2v) is 8.46. The molecule has 1 aliphatic heterocycles. The van der Waals surface area contributed by atoms with E-state index in [0.29, 0.717) is 13.1 Å². The normalized spacial score (nSPS) is 18.9. The zero-order valence-electron chi connectivity index (χ0n) is 13.0. The van der Waals surface area contributed by atoms with Crippen LogP contribution in [-0.4, -0.2) is 62.6 Å². The summed E-state index contributed by atoms with van der Waals surface area (Å²) < 4.78 is 24.8. The standard InChI is InChI=1S/C14H23N3O3S2/c1-12(15-22(2,19)20)14(18)17-7-4-6-16(8-9-17)11-13-5-3-10-21-13/h3,5,10,12,15H,4,6-9,11H2,1-2H3/t12-/m0/s1. The third-order valence-corrected chi connectivity index (χ3v) is 5.26. The van der Waals surface area contributed by atoms with E-state index in [9.17, 15) is 13.2 Å². The lowest BCUT2D eigenvalue weighted by atomic mass is 10.3. The quantitative estimate of drug-likeness (QED) is 0.854. The van der Waals surface area contributed by atoms with Crippen molar-refractivity contribution in [1.82, 2.24) is 14.5 Å². The average Bonchev–Trinajstić information content (AvgIpc) is 2.81. The minimum Gasteiger partial charge on any atom is -0.340 e. The van der Waals surface area contributed by atoms with Crippen LogP contribution in [0.25, 0.3) is 0 Å². The summed E-state index contributed by atoms with van der Waals surface area (Å²) in [6.45, 7) is 5.59. The van der Waals surface area contributed by atoms with Crippen molar-refractivity contribution in [2.45, 2.75) is 25.9 Å². The number of sulfonamides is 1. The molecule has 8 heteroatoms. The summed E-state index contributed by atoms with van der Waals surface area (Å²) in [7, 11) is -3.37. The highest BCUT2D eigenvalue weighted by molar-refractivity contribution is 7.88. The highest BCUT2D eigenvalue weighted by atomic mass is 32.2. The van der Waals surface area contributed by atoms with Gasteiger partial charge in [0.2, 0.25) is 15.9 Å².